The Kier molecular flexibility index (Phi) is 4.72. The lowest BCUT2D eigenvalue weighted by molar-refractivity contribution is -0.118. The van der Waals surface area contributed by atoms with Crippen molar-refractivity contribution < 1.29 is 14.7 Å². The van der Waals surface area contributed by atoms with Crippen molar-refractivity contribution in [3.05, 3.63) is 52.8 Å². The fraction of sp³-hybridized carbons (Fsp3) is 0.312. The van der Waals surface area contributed by atoms with Crippen molar-refractivity contribution in [2.75, 3.05) is 6.61 Å². The minimum Gasteiger partial charge on any atom is -0.394 e. The van der Waals surface area contributed by atoms with Crippen LogP contribution in [0.4, 0.5) is 0 Å². The van der Waals surface area contributed by atoms with Gasteiger partial charge in [0.15, 0.2) is 0 Å². The van der Waals surface area contributed by atoms with E-state index in [1.54, 1.807) is 49.8 Å². The van der Waals surface area contributed by atoms with Crippen molar-refractivity contribution in [1.29, 1.82) is 0 Å². The molecule has 1 atom stereocenters. The van der Waals surface area contributed by atoms with E-state index in [2.05, 4.69) is 10.4 Å². The molecule has 1 aromatic heterocycles. The standard InChI is InChI=1S/C16H19N3O3/c1-10-14(11(2)19(3)18-10)15(21)16(22)17-13(9-20)12-7-5-4-6-8-12/h4-8,13,20H,9H2,1-3H3,(H,17,22)/t13-/m1/s1. The summed E-state index contributed by atoms with van der Waals surface area (Å²) in [6.45, 7) is 3.14. The monoisotopic (exact) mass is 301 g/mol. The molecule has 1 heterocycles. The van der Waals surface area contributed by atoms with Crippen LogP contribution >= 0.6 is 0 Å². The van der Waals surface area contributed by atoms with Gasteiger partial charge in [-0.25, -0.2) is 0 Å². The number of benzene rings is 1. The summed E-state index contributed by atoms with van der Waals surface area (Å²) >= 11 is 0. The lowest BCUT2D eigenvalue weighted by Gasteiger charge is -2.16. The summed E-state index contributed by atoms with van der Waals surface area (Å²) in [5, 5.41) is 16.2. The fourth-order valence-electron chi connectivity index (χ4n) is 2.36. The number of aryl methyl sites for hydroxylation is 2. The highest BCUT2D eigenvalue weighted by molar-refractivity contribution is 6.43. The van der Waals surface area contributed by atoms with Crippen molar-refractivity contribution >= 4 is 11.7 Å². The predicted molar refractivity (Wildman–Crippen MR) is 81.4 cm³/mol. The van der Waals surface area contributed by atoms with Gasteiger partial charge in [0.2, 0.25) is 0 Å². The summed E-state index contributed by atoms with van der Waals surface area (Å²) in [6.07, 6.45) is 0. The molecule has 2 aromatic rings. The van der Waals surface area contributed by atoms with Crippen LogP contribution in [0.3, 0.4) is 0 Å². The molecule has 1 amide bonds. The van der Waals surface area contributed by atoms with E-state index in [1.807, 2.05) is 6.07 Å². The summed E-state index contributed by atoms with van der Waals surface area (Å²) < 4.78 is 1.57. The fourth-order valence-corrected chi connectivity index (χ4v) is 2.36. The second-order valence-corrected chi connectivity index (χ2v) is 5.12. The highest BCUT2D eigenvalue weighted by atomic mass is 16.3. The van der Waals surface area contributed by atoms with Crippen LogP contribution in [-0.4, -0.2) is 33.2 Å². The molecule has 22 heavy (non-hydrogen) atoms. The van der Waals surface area contributed by atoms with Crippen LogP contribution < -0.4 is 5.32 Å². The molecule has 2 rings (SSSR count). The van der Waals surface area contributed by atoms with Gasteiger partial charge in [-0.15, -0.1) is 0 Å². The molecule has 116 valence electrons. The average molecular weight is 301 g/mol. The number of aromatic nitrogens is 2. The molecule has 0 aliphatic heterocycles. The molecule has 0 aliphatic carbocycles. The first-order chi connectivity index (χ1) is 10.5. The van der Waals surface area contributed by atoms with Crippen molar-refractivity contribution in [2.45, 2.75) is 19.9 Å². The van der Waals surface area contributed by atoms with Gasteiger partial charge < -0.3 is 10.4 Å². The highest BCUT2D eigenvalue weighted by Crippen LogP contribution is 2.15. The average Bonchev–Trinajstić information content (AvgIpc) is 2.77. The second-order valence-electron chi connectivity index (χ2n) is 5.12. The van der Waals surface area contributed by atoms with Gasteiger partial charge in [0.25, 0.3) is 11.7 Å². The topological polar surface area (TPSA) is 84.2 Å². The van der Waals surface area contributed by atoms with Gasteiger partial charge in [0, 0.05) is 12.7 Å². The molecule has 0 radical (unpaired) electrons. The van der Waals surface area contributed by atoms with Crippen LogP contribution in [0, 0.1) is 13.8 Å². The van der Waals surface area contributed by atoms with Gasteiger partial charge in [-0.2, -0.15) is 5.10 Å². The zero-order valence-corrected chi connectivity index (χ0v) is 12.8. The Balaban J connectivity index is 2.19. The van der Waals surface area contributed by atoms with Crippen molar-refractivity contribution in [1.82, 2.24) is 15.1 Å². The van der Waals surface area contributed by atoms with Crippen molar-refractivity contribution in [3.63, 3.8) is 0 Å². The Morgan fingerprint density at radius 2 is 1.91 bits per heavy atom. The number of carbonyl (C=O) groups is 2. The van der Waals surface area contributed by atoms with Gasteiger partial charge in [0.1, 0.15) is 0 Å². The number of carbonyl (C=O) groups excluding carboxylic acids is 2. The molecule has 0 saturated carbocycles. The molecule has 6 nitrogen and oxygen atoms in total. The molecule has 0 spiro atoms. The quantitative estimate of drug-likeness (QED) is 0.639. The van der Waals surface area contributed by atoms with E-state index in [0.717, 1.165) is 5.56 Å². The third-order valence-corrected chi connectivity index (χ3v) is 3.63. The summed E-state index contributed by atoms with van der Waals surface area (Å²) in [7, 11) is 1.72. The number of ketones is 1. The summed E-state index contributed by atoms with van der Waals surface area (Å²) in [5.41, 5.74) is 2.20. The number of nitrogens with one attached hydrogen (secondary N) is 1. The van der Waals surface area contributed by atoms with E-state index in [9.17, 15) is 14.7 Å². The largest absolute Gasteiger partial charge is 0.394 e. The number of nitrogens with zero attached hydrogens (tertiary/aromatic N) is 2. The number of aliphatic hydroxyl groups excluding tert-OH is 1. The molecular formula is C16H19N3O3. The Bertz CT molecular complexity index is 692. The van der Waals surface area contributed by atoms with Crippen molar-refractivity contribution in [3.8, 4) is 0 Å². The van der Waals surface area contributed by atoms with E-state index in [4.69, 9.17) is 0 Å². The maximum atomic E-state index is 12.3. The van der Waals surface area contributed by atoms with E-state index in [1.165, 1.54) is 0 Å². The number of rotatable bonds is 5. The smallest absolute Gasteiger partial charge is 0.293 e. The van der Waals surface area contributed by atoms with Gasteiger partial charge in [-0.1, -0.05) is 30.3 Å². The Hall–Kier alpha value is -2.47. The predicted octanol–water partition coefficient (Wildman–Crippen LogP) is 1.07. The maximum absolute atomic E-state index is 12.3. The third kappa shape index (κ3) is 3.07. The van der Waals surface area contributed by atoms with E-state index >= 15 is 0 Å². The second kappa shape index (κ2) is 6.53. The first-order valence-corrected chi connectivity index (χ1v) is 6.97. The molecular weight excluding hydrogens is 282 g/mol. The zero-order valence-electron chi connectivity index (χ0n) is 12.8. The van der Waals surface area contributed by atoms with E-state index in [0.29, 0.717) is 17.0 Å². The summed E-state index contributed by atoms with van der Waals surface area (Å²) in [5.74, 6) is -1.39. The highest BCUT2D eigenvalue weighted by Gasteiger charge is 2.25. The first-order valence-electron chi connectivity index (χ1n) is 6.97. The van der Waals surface area contributed by atoms with Gasteiger partial charge in [-0.05, 0) is 19.4 Å². The molecule has 2 N–H and O–H groups in total. The molecule has 0 bridgehead atoms. The molecule has 0 unspecified atom stereocenters. The van der Waals surface area contributed by atoms with Crippen LogP contribution in [0.25, 0.3) is 0 Å². The van der Waals surface area contributed by atoms with Crippen LogP contribution in [-0.2, 0) is 11.8 Å². The van der Waals surface area contributed by atoms with Gasteiger partial charge in [-0.3, -0.25) is 14.3 Å². The molecule has 0 aliphatic rings. The number of Topliss-reactive ketones (excluding diaryl/α,β-unsaturated/α-hetero) is 1. The number of hydrogen-bond donors (Lipinski definition) is 2. The summed E-state index contributed by atoms with van der Waals surface area (Å²) in [6, 6.07) is 8.41. The zero-order chi connectivity index (χ0) is 16.3. The lowest BCUT2D eigenvalue weighted by atomic mass is 10.1. The maximum Gasteiger partial charge on any atom is 0.293 e. The number of aliphatic hydroxyl groups is 1. The minimum absolute atomic E-state index is 0.284. The molecule has 6 heteroatoms. The molecule has 0 fully saturated rings. The van der Waals surface area contributed by atoms with Crippen molar-refractivity contribution in [2.24, 2.45) is 7.05 Å². The third-order valence-electron chi connectivity index (χ3n) is 3.63. The Morgan fingerprint density at radius 1 is 1.27 bits per heavy atom. The molecule has 1 aromatic carbocycles. The number of hydrogen-bond acceptors (Lipinski definition) is 4. The van der Waals surface area contributed by atoms with Crippen LogP contribution in [0.15, 0.2) is 30.3 Å². The van der Waals surface area contributed by atoms with Gasteiger partial charge in [0.05, 0.1) is 23.9 Å². The minimum atomic E-state index is -0.748. The van der Waals surface area contributed by atoms with Crippen LogP contribution in [0.1, 0.15) is 33.4 Å². The Morgan fingerprint density at radius 3 is 2.41 bits per heavy atom. The van der Waals surface area contributed by atoms with Gasteiger partial charge >= 0.3 is 0 Å². The first kappa shape index (κ1) is 15.9. The molecule has 0 saturated heterocycles. The van der Waals surface area contributed by atoms with E-state index < -0.39 is 17.7 Å². The van der Waals surface area contributed by atoms with Crippen LogP contribution in [0.2, 0.25) is 0 Å². The number of amides is 1. The lowest BCUT2D eigenvalue weighted by Crippen LogP contribution is -2.36. The Labute approximate surface area is 128 Å². The van der Waals surface area contributed by atoms with Crippen LogP contribution in [0.5, 0.6) is 0 Å². The normalized spacial score (nSPS) is 12.0. The summed E-state index contributed by atoms with van der Waals surface area (Å²) in [4.78, 5) is 24.5. The van der Waals surface area contributed by atoms with E-state index in [-0.39, 0.29) is 6.61 Å². The SMILES string of the molecule is Cc1nn(C)c(C)c1C(=O)C(=O)N[C@H](CO)c1ccccc1.